The second-order valence-corrected chi connectivity index (χ2v) is 3.41. The van der Waals surface area contributed by atoms with Crippen molar-refractivity contribution in [1.82, 2.24) is 9.97 Å². The van der Waals surface area contributed by atoms with E-state index in [0.717, 1.165) is 11.4 Å². The molecule has 0 atom stereocenters. The number of aromatic amines is 1. The molecule has 86 valence electrons. The molecule has 0 spiro atoms. The number of aromatic nitrogens is 2. The van der Waals surface area contributed by atoms with Crippen LogP contribution in [0, 0.1) is 11.3 Å². The van der Waals surface area contributed by atoms with Gasteiger partial charge in [0.1, 0.15) is 11.8 Å². The molecular weight excluding hydrogens is 216 g/mol. The Hall–Kier alpha value is -2.48. The summed E-state index contributed by atoms with van der Waals surface area (Å²) in [5.74, 6) is 0.682. The number of H-pyrrole nitrogens is 1. The third kappa shape index (κ3) is 3.24. The first-order valence-electron chi connectivity index (χ1n) is 5.19. The van der Waals surface area contributed by atoms with Gasteiger partial charge in [-0.1, -0.05) is 6.07 Å². The monoisotopic (exact) mass is 228 g/mol. The number of hydrogen-bond donors (Lipinski definition) is 2. The van der Waals surface area contributed by atoms with Gasteiger partial charge in [-0.05, 0) is 12.1 Å². The van der Waals surface area contributed by atoms with E-state index < -0.39 is 0 Å². The molecule has 0 aliphatic rings. The highest BCUT2D eigenvalue weighted by molar-refractivity contribution is 5.48. The lowest BCUT2D eigenvalue weighted by atomic mass is 10.3. The van der Waals surface area contributed by atoms with Crippen molar-refractivity contribution in [3.63, 3.8) is 0 Å². The van der Waals surface area contributed by atoms with Crippen LogP contribution in [0.5, 0.6) is 5.75 Å². The standard InChI is InChI=1S/C12H12N4O/c13-4-5-17-12-3-1-2-10(6-12)15-8-11-7-14-9-16-11/h1-3,6-7,9,15H,5,8H2,(H,14,16). The fraction of sp³-hybridized carbons (Fsp3) is 0.167. The number of benzene rings is 1. The van der Waals surface area contributed by atoms with Gasteiger partial charge in [-0.15, -0.1) is 0 Å². The number of nitrogens with one attached hydrogen (secondary N) is 2. The number of nitriles is 1. The lowest BCUT2D eigenvalue weighted by molar-refractivity contribution is 0.368. The maximum atomic E-state index is 8.42. The van der Waals surface area contributed by atoms with E-state index in [2.05, 4.69) is 15.3 Å². The van der Waals surface area contributed by atoms with E-state index in [1.54, 1.807) is 12.5 Å². The lowest BCUT2D eigenvalue weighted by Crippen LogP contribution is -2.00. The minimum Gasteiger partial charge on any atom is -0.479 e. The summed E-state index contributed by atoms with van der Waals surface area (Å²) in [7, 11) is 0. The van der Waals surface area contributed by atoms with Crippen LogP contribution >= 0.6 is 0 Å². The van der Waals surface area contributed by atoms with Gasteiger partial charge in [0, 0.05) is 18.0 Å². The first-order chi connectivity index (χ1) is 8.38. The lowest BCUT2D eigenvalue weighted by Gasteiger charge is -2.07. The Bertz CT molecular complexity index is 501. The molecular formula is C12H12N4O. The van der Waals surface area contributed by atoms with Gasteiger partial charge in [-0.25, -0.2) is 4.98 Å². The minimum atomic E-state index is 0.0595. The zero-order valence-electron chi connectivity index (χ0n) is 9.18. The molecule has 0 saturated carbocycles. The molecule has 5 heteroatoms. The number of rotatable bonds is 5. The second kappa shape index (κ2) is 5.56. The van der Waals surface area contributed by atoms with Crippen molar-refractivity contribution >= 4 is 5.69 Å². The van der Waals surface area contributed by atoms with E-state index >= 15 is 0 Å². The summed E-state index contributed by atoms with van der Waals surface area (Å²) in [4.78, 5) is 6.94. The summed E-state index contributed by atoms with van der Waals surface area (Å²) in [5, 5.41) is 11.7. The van der Waals surface area contributed by atoms with Crippen LogP contribution in [0.15, 0.2) is 36.8 Å². The Kier molecular flexibility index (Phi) is 3.61. The molecule has 0 radical (unpaired) electrons. The largest absolute Gasteiger partial charge is 0.479 e. The first-order valence-corrected chi connectivity index (χ1v) is 5.19. The van der Waals surface area contributed by atoms with Crippen molar-refractivity contribution in [1.29, 1.82) is 5.26 Å². The molecule has 0 fully saturated rings. The molecule has 1 aromatic heterocycles. The number of imidazole rings is 1. The molecule has 1 heterocycles. The van der Waals surface area contributed by atoms with Crippen LogP contribution in [-0.4, -0.2) is 16.6 Å². The van der Waals surface area contributed by atoms with Crippen LogP contribution in [-0.2, 0) is 6.54 Å². The van der Waals surface area contributed by atoms with Crippen LogP contribution in [0.2, 0.25) is 0 Å². The number of hydrogen-bond acceptors (Lipinski definition) is 4. The van der Waals surface area contributed by atoms with E-state index in [1.165, 1.54) is 0 Å². The van der Waals surface area contributed by atoms with Crippen molar-refractivity contribution in [2.75, 3.05) is 11.9 Å². The predicted octanol–water partition coefficient (Wildman–Crippen LogP) is 1.92. The molecule has 2 rings (SSSR count). The summed E-state index contributed by atoms with van der Waals surface area (Å²) in [5.41, 5.74) is 1.95. The highest BCUT2D eigenvalue weighted by Crippen LogP contribution is 2.17. The van der Waals surface area contributed by atoms with Gasteiger partial charge in [0.15, 0.2) is 6.61 Å². The summed E-state index contributed by atoms with van der Waals surface area (Å²) in [6.45, 7) is 0.728. The molecule has 17 heavy (non-hydrogen) atoms. The molecule has 0 bridgehead atoms. The summed E-state index contributed by atoms with van der Waals surface area (Å²) >= 11 is 0. The average molecular weight is 228 g/mol. The summed E-state index contributed by atoms with van der Waals surface area (Å²) in [6, 6.07) is 9.42. The van der Waals surface area contributed by atoms with Gasteiger partial charge in [0.05, 0.1) is 18.6 Å². The van der Waals surface area contributed by atoms with Crippen LogP contribution < -0.4 is 10.1 Å². The van der Waals surface area contributed by atoms with Crippen LogP contribution in [0.25, 0.3) is 0 Å². The van der Waals surface area contributed by atoms with Crippen LogP contribution in [0.1, 0.15) is 5.69 Å². The fourth-order valence-corrected chi connectivity index (χ4v) is 1.39. The Morgan fingerprint density at radius 1 is 1.47 bits per heavy atom. The van der Waals surface area contributed by atoms with Crippen LogP contribution in [0.3, 0.4) is 0 Å². The highest BCUT2D eigenvalue weighted by atomic mass is 16.5. The maximum Gasteiger partial charge on any atom is 0.174 e. The molecule has 0 aliphatic carbocycles. The molecule has 0 aliphatic heterocycles. The van der Waals surface area contributed by atoms with Crippen molar-refractivity contribution in [3.8, 4) is 11.8 Å². The Labute approximate surface area is 99.1 Å². The molecule has 2 N–H and O–H groups in total. The normalized spacial score (nSPS) is 9.59. The zero-order valence-corrected chi connectivity index (χ0v) is 9.18. The van der Waals surface area contributed by atoms with E-state index in [4.69, 9.17) is 10.00 Å². The quantitative estimate of drug-likeness (QED) is 0.820. The first kappa shape index (κ1) is 11.0. The summed E-state index contributed by atoms with van der Waals surface area (Å²) < 4.78 is 5.21. The van der Waals surface area contributed by atoms with Gasteiger partial charge in [-0.2, -0.15) is 5.26 Å². The molecule has 1 aromatic carbocycles. The Morgan fingerprint density at radius 3 is 3.18 bits per heavy atom. The van der Waals surface area contributed by atoms with E-state index in [-0.39, 0.29) is 6.61 Å². The molecule has 0 amide bonds. The average Bonchev–Trinajstić information content (AvgIpc) is 2.87. The SMILES string of the molecule is N#CCOc1cccc(NCc2cnc[nH]2)c1. The van der Waals surface area contributed by atoms with Gasteiger partial charge < -0.3 is 15.0 Å². The third-order valence-corrected chi connectivity index (χ3v) is 2.18. The zero-order chi connectivity index (χ0) is 11.9. The van der Waals surface area contributed by atoms with E-state index in [0.29, 0.717) is 12.3 Å². The molecule has 0 unspecified atom stereocenters. The Morgan fingerprint density at radius 2 is 2.41 bits per heavy atom. The number of anilines is 1. The van der Waals surface area contributed by atoms with Crippen LogP contribution in [0.4, 0.5) is 5.69 Å². The van der Waals surface area contributed by atoms with E-state index in [1.807, 2.05) is 30.3 Å². The van der Waals surface area contributed by atoms with Gasteiger partial charge >= 0.3 is 0 Å². The minimum absolute atomic E-state index is 0.0595. The second-order valence-electron chi connectivity index (χ2n) is 3.41. The van der Waals surface area contributed by atoms with Crippen molar-refractivity contribution in [2.45, 2.75) is 6.54 Å². The highest BCUT2D eigenvalue weighted by Gasteiger charge is 1.97. The summed E-state index contributed by atoms with van der Waals surface area (Å²) in [6.07, 6.45) is 3.41. The van der Waals surface area contributed by atoms with Crippen molar-refractivity contribution in [2.24, 2.45) is 0 Å². The molecule has 5 nitrogen and oxygen atoms in total. The Balaban J connectivity index is 1.94. The topological polar surface area (TPSA) is 73.7 Å². The van der Waals surface area contributed by atoms with Crippen molar-refractivity contribution in [3.05, 3.63) is 42.5 Å². The number of ether oxygens (including phenoxy) is 1. The van der Waals surface area contributed by atoms with Gasteiger partial charge in [0.25, 0.3) is 0 Å². The predicted molar refractivity (Wildman–Crippen MR) is 63.5 cm³/mol. The fourth-order valence-electron chi connectivity index (χ4n) is 1.39. The third-order valence-electron chi connectivity index (χ3n) is 2.18. The molecule has 0 saturated heterocycles. The smallest absolute Gasteiger partial charge is 0.174 e. The van der Waals surface area contributed by atoms with Crippen molar-refractivity contribution < 1.29 is 4.74 Å². The molecule has 2 aromatic rings. The van der Waals surface area contributed by atoms with Gasteiger partial charge in [0.2, 0.25) is 0 Å². The van der Waals surface area contributed by atoms with E-state index in [9.17, 15) is 0 Å². The van der Waals surface area contributed by atoms with Gasteiger partial charge in [-0.3, -0.25) is 0 Å². The maximum absolute atomic E-state index is 8.42. The number of nitrogens with zero attached hydrogens (tertiary/aromatic N) is 2.